The molecule has 0 saturated carbocycles. The van der Waals surface area contributed by atoms with Crippen molar-refractivity contribution >= 4 is 17.9 Å². The number of piperidine rings is 1. The minimum atomic E-state index is 0.124. The first-order chi connectivity index (χ1) is 14.6. The van der Waals surface area contributed by atoms with Gasteiger partial charge in [0.25, 0.3) is 0 Å². The zero-order valence-electron chi connectivity index (χ0n) is 18.2. The van der Waals surface area contributed by atoms with E-state index in [0.29, 0.717) is 19.6 Å². The molecule has 0 atom stereocenters. The summed E-state index contributed by atoms with van der Waals surface area (Å²) in [7, 11) is 0. The van der Waals surface area contributed by atoms with Gasteiger partial charge < -0.3 is 0 Å². The lowest BCUT2D eigenvalue weighted by Gasteiger charge is -2.28. The normalized spacial score (nSPS) is 17.4. The monoisotopic (exact) mass is 397 g/mol. The van der Waals surface area contributed by atoms with E-state index in [1.54, 1.807) is 0 Å². The summed E-state index contributed by atoms with van der Waals surface area (Å²) in [4.78, 5) is 15.4. The van der Waals surface area contributed by atoms with E-state index in [9.17, 15) is 4.79 Å². The third-order valence-electron chi connectivity index (χ3n) is 5.40. The molecule has 0 unspecified atom stereocenters. The molecule has 2 aromatic carbocycles. The second-order valence-electron chi connectivity index (χ2n) is 8.00. The molecule has 0 radical (unpaired) electrons. The van der Waals surface area contributed by atoms with Gasteiger partial charge in [0.15, 0.2) is 5.78 Å². The number of benzene rings is 2. The molecule has 2 heteroatoms. The molecule has 1 aliphatic heterocycles. The summed E-state index contributed by atoms with van der Waals surface area (Å²) in [6.45, 7) is 6.08. The van der Waals surface area contributed by atoms with Crippen molar-refractivity contribution in [1.29, 1.82) is 0 Å². The molecule has 0 spiro atoms. The van der Waals surface area contributed by atoms with Crippen LogP contribution in [0, 0.1) is 12.3 Å². The van der Waals surface area contributed by atoms with Crippen LogP contribution in [0.4, 0.5) is 0 Å². The quantitative estimate of drug-likeness (QED) is 0.449. The molecule has 1 heterocycles. The van der Waals surface area contributed by atoms with Crippen LogP contribution in [0.3, 0.4) is 0 Å². The number of carbonyl (C=O) groups is 1. The van der Waals surface area contributed by atoms with E-state index in [0.717, 1.165) is 48.0 Å². The van der Waals surface area contributed by atoms with Crippen LogP contribution < -0.4 is 0 Å². The van der Waals surface area contributed by atoms with E-state index >= 15 is 0 Å². The van der Waals surface area contributed by atoms with Gasteiger partial charge in [-0.05, 0) is 47.2 Å². The van der Waals surface area contributed by atoms with Crippen molar-refractivity contribution in [1.82, 2.24) is 4.90 Å². The maximum Gasteiger partial charge on any atom is 0.187 e. The number of carbonyl (C=O) groups excluding carboxylic acids is 1. The molecular weight excluding hydrogens is 366 g/mol. The molecule has 2 nitrogen and oxygen atoms in total. The standard InChI is InChI=1S/C28H31NO/c1-4-7-22-9-13-24(14-10-22)18-26-20-29(17-6-3)21-27(28(26)30)19-25-15-11-23(8-5-2)12-16-25/h3,9-16,18-19H,4-5,7-8,17,20-21H2,1-2H3/b26-18-,27-19+. The number of ketones is 1. The minimum Gasteiger partial charge on any atom is -0.289 e. The Morgan fingerprint density at radius 2 is 1.27 bits per heavy atom. The molecule has 2 aromatic rings. The van der Waals surface area contributed by atoms with Crippen molar-refractivity contribution in [3.8, 4) is 12.3 Å². The summed E-state index contributed by atoms with van der Waals surface area (Å²) in [5, 5.41) is 0. The van der Waals surface area contributed by atoms with Gasteiger partial charge in [0, 0.05) is 24.2 Å². The van der Waals surface area contributed by atoms with Crippen molar-refractivity contribution in [3.05, 3.63) is 81.9 Å². The van der Waals surface area contributed by atoms with E-state index in [1.807, 2.05) is 12.2 Å². The lowest BCUT2D eigenvalue weighted by atomic mass is 9.93. The van der Waals surface area contributed by atoms with Crippen molar-refractivity contribution in [2.45, 2.75) is 39.5 Å². The smallest absolute Gasteiger partial charge is 0.187 e. The van der Waals surface area contributed by atoms with Gasteiger partial charge in [0.05, 0.1) is 6.54 Å². The lowest BCUT2D eigenvalue weighted by molar-refractivity contribution is -0.113. The van der Waals surface area contributed by atoms with Crippen LogP contribution in [0.15, 0.2) is 59.7 Å². The zero-order valence-corrected chi connectivity index (χ0v) is 18.2. The average molecular weight is 398 g/mol. The van der Waals surface area contributed by atoms with E-state index in [-0.39, 0.29) is 5.78 Å². The van der Waals surface area contributed by atoms with E-state index in [2.05, 4.69) is 73.2 Å². The predicted molar refractivity (Wildman–Crippen MR) is 127 cm³/mol. The Morgan fingerprint density at radius 3 is 1.63 bits per heavy atom. The van der Waals surface area contributed by atoms with E-state index < -0.39 is 0 Å². The molecule has 1 aliphatic rings. The molecular formula is C28H31NO. The first-order valence-corrected chi connectivity index (χ1v) is 10.9. The number of hydrogen-bond acceptors (Lipinski definition) is 2. The van der Waals surface area contributed by atoms with Crippen LogP contribution in [0.1, 0.15) is 48.9 Å². The Morgan fingerprint density at radius 1 is 0.833 bits per heavy atom. The molecule has 0 aromatic heterocycles. The fourth-order valence-electron chi connectivity index (χ4n) is 3.89. The highest BCUT2D eigenvalue weighted by molar-refractivity contribution is 6.14. The molecule has 0 aliphatic carbocycles. The second-order valence-corrected chi connectivity index (χ2v) is 8.00. The number of terminal acetylenes is 1. The molecule has 0 N–H and O–H groups in total. The van der Waals surface area contributed by atoms with Crippen LogP contribution in [0.5, 0.6) is 0 Å². The summed E-state index contributed by atoms with van der Waals surface area (Å²) in [6.07, 6.45) is 14.0. The SMILES string of the molecule is C#CCN1C/C(=C/c2ccc(CCC)cc2)C(=O)/C(=C/c2ccc(CCC)cc2)C1. The number of aryl methyl sites for hydroxylation is 2. The van der Waals surface area contributed by atoms with Crippen molar-refractivity contribution < 1.29 is 4.79 Å². The van der Waals surface area contributed by atoms with Crippen molar-refractivity contribution in [2.75, 3.05) is 19.6 Å². The molecule has 1 saturated heterocycles. The molecule has 1 fully saturated rings. The van der Waals surface area contributed by atoms with Crippen LogP contribution in [-0.4, -0.2) is 30.3 Å². The Labute approximate surface area is 181 Å². The molecule has 0 amide bonds. The van der Waals surface area contributed by atoms with E-state index in [1.165, 1.54) is 11.1 Å². The fourth-order valence-corrected chi connectivity index (χ4v) is 3.89. The second kappa shape index (κ2) is 10.8. The van der Waals surface area contributed by atoms with Gasteiger partial charge in [-0.25, -0.2) is 0 Å². The number of rotatable bonds is 7. The summed E-state index contributed by atoms with van der Waals surface area (Å²) < 4.78 is 0. The van der Waals surface area contributed by atoms with Crippen LogP contribution >= 0.6 is 0 Å². The maximum atomic E-state index is 13.2. The van der Waals surface area contributed by atoms with Gasteiger partial charge in [-0.15, -0.1) is 6.42 Å². The Balaban J connectivity index is 1.86. The van der Waals surface area contributed by atoms with E-state index in [4.69, 9.17) is 6.42 Å². The average Bonchev–Trinajstić information content (AvgIpc) is 2.75. The van der Waals surface area contributed by atoms with Gasteiger partial charge >= 0.3 is 0 Å². The number of Topliss-reactive ketones (excluding diaryl/α,β-unsaturated/α-hetero) is 1. The zero-order chi connectivity index (χ0) is 21.3. The van der Waals surface area contributed by atoms with Gasteiger partial charge in [-0.2, -0.15) is 0 Å². The van der Waals surface area contributed by atoms with Gasteiger partial charge in [-0.3, -0.25) is 9.69 Å². The highest BCUT2D eigenvalue weighted by Gasteiger charge is 2.25. The topological polar surface area (TPSA) is 20.3 Å². The van der Waals surface area contributed by atoms with Crippen molar-refractivity contribution in [3.63, 3.8) is 0 Å². The summed E-state index contributed by atoms with van der Waals surface area (Å²) in [5.74, 6) is 2.85. The molecule has 3 rings (SSSR count). The predicted octanol–water partition coefficient (Wildman–Crippen LogP) is 5.58. The number of hydrogen-bond donors (Lipinski definition) is 0. The Bertz CT molecular complexity index is 884. The largest absolute Gasteiger partial charge is 0.289 e. The van der Waals surface area contributed by atoms with Crippen LogP contribution in [0.25, 0.3) is 12.2 Å². The number of nitrogens with zero attached hydrogens (tertiary/aromatic N) is 1. The summed E-state index contributed by atoms with van der Waals surface area (Å²) in [6, 6.07) is 17.0. The van der Waals surface area contributed by atoms with Crippen LogP contribution in [-0.2, 0) is 17.6 Å². The summed E-state index contributed by atoms with van der Waals surface area (Å²) in [5.41, 5.74) is 6.38. The molecule has 30 heavy (non-hydrogen) atoms. The first-order valence-electron chi connectivity index (χ1n) is 10.9. The third kappa shape index (κ3) is 5.81. The highest BCUT2D eigenvalue weighted by atomic mass is 16.1. The highest BCUT2D eigenvalue weighted by Crippen LogP contribution is 2.22. The molecule has 0 bridgehead atoms. The number of likely N-dealkylation sites (tertiary alicyclic amines) is 1. The van der Waals surface area contributed by atoms with Crippen molar-refractivity contribution in [2.24, 2.45) is 0 Å². The Kier molecular flexibility index (Phi) is 7.82. The lowest BCUT2D eigenvalue weighted by Crippen LogP contribution is -2.37. The first kappa shape index (κ1) is 21.8. The van der Waals surface area contributed by atoms with Gasteiger partial charge in [-0.1, -0.05) is 81.1 Å². The van der Waals surface area contributed by atoms with Crippen LogP contribution in [0.2, 0.25) is 0 Å². The van der Waals surface area contributed by atoms with Gasteiger partial charge in [0.1, 0.15) is 0 Å². The fraction of sp³-hybridized carbons (Fsp3) is 0.321. The minimum absolute atomic E-state index is 0.124. The maximum absolute atomic E-state index is 13.2. The third-order valence-corrected chi connectivity index (χ3v) is 5.40. The summed E-state index contributed by atoms with van der Waals surface area (Å²) >= 11 is 0. The molecule has 154 valence electrons. The van der Waals surface area contributed by atoms with Gasteiger partial charge in [0.2, 0.25) is 0 Å². The Hall–Kier alpha value is -2.89.